The van der Waals surface area contributed by atoms with Crippen molar-refractivity contribution in [2.45, 2.75) is 110 Å². The summed E-state index contributed by atoms with van der Waals surface area (Å²) >= 11 is 5.44. The molecule has 0 saturated carbocycles. The molecule has 0 spiro atoms. The molecule has 0 fully saturated rings. The SMILES string of the molecule is CCCCCCCCCCCCCCCCCC(=O)NCCl. The average Bonchev–Trinajstić information content (AvgIpc) is 2.51. The molecule has 3 heteroatoms. The van der Waals surface area contributed by atoms with Crippen LogP contribution < -0.4 is 5.32 Å². The molecule has 2 nitrogen and oxygen atoms in total. The Balaban J connectivity index is 3.01. The van der Waals surface area contributed by atoms with Gasteiger partial charge in [-0.15, -0.1) is 11.6 Å². The second-order valence-electron chi connectivity index (χ2n) is 6.43. The molecule has 1 N–H and O–H groups in total. The van der Waals surface area contributed by atoms with E-state index in [1.54, 1.807) is 0 Å². The molecule has 22 heavy (non-hydrogen) atoms. The van der Waals surface area contributed by atoms with E-state index in [-0.39, 0.29) is 11.9 Å². The summed E-state index contributed by atoms with van der Waals surface area (Å²) in [4.78, 5) is 11.2. The highest BCUT2D eigenvalue weighted by Crippen LogP contribution is 2.13. The number of rotatable bonds is 17. The first-order valence-electron chi connectivity index (χ1n) is 9.64. The Morgan fingerprint density at radius 1 is 0.682 bits per heavy atom. The molecule has 1 amide bonds. The van der Waals surface area contributed by atoms with Crippen LogP contribution in [0.15, 0.2) is 0 Å². The number of nitrogens with one attached hydrogen (secondary N) is 1. The van der Waals surface area contributed by atoms with Gasteiger partial charge >= 0.3 is 0 Å². The third-order valence-corrected chi connectivity index (χ3v) is 4.41. The summed E-state index contributed by atoms with van der Waals surface area (Å²) in [5, 5.41) is 2.62. The van der Waals surface area contributed by atoms with E-state index in [4.69, 9.17) is 11.6 Å². The van der Waals surface area contributed by atoms with Gasteiger partial charge in [0.05, 0.1) is 6.00 Å². The van der Waals surface area contributed by atoms with Crippen LogP contribution in [0.25, 0.3) is 0 Å². The van der Waals surface area contributed by atoms with E-state index in [9.17, 15) is 4.79 Å². The van der Waals surface area contributed by atoms with Crippen LogP contribution in [0, 0.1) is 0 Å². The quantitative estimate of drug-likeness (QED) is 0.182. The van der Waals surface area contributed by atoms with E-state index in [1.807, 2.05) is 0 Å². The molecule has 0 aromatic carbocycles. The Labute approximate surface area is 143 Å². The lowest BCUT2D eigenvalue weighted by molar-refractivity contribution is -0.120. The van der Waals surface area contributed by atoms with E-state index in [0.717, 1.165) is 6.42 Å². The van der Waals surface area contributed by atoms with E-state index in [0.29, 0.717) is 6.42 Å². The Kier molecular flexibility index (Phi) is 18.6. The van der Waals surface area contributed by atoms with E-state index < -0.39 is 0 Å². The second-order valence-corrected chi connectivity index (χ2v) is 6.70. The molecule has 0 aliphatic rings. The zero-order chi connectivity index (χ0) is 16.3. The summed E-state index contributed by atoms with van der Waals surface area (Å²) in [7, 11) is 0. The first-order valence-corrected chi connectivity index (χ1v) is 10.2. The number of alkyl halides is 1. The normalized spacial score (nSPS) is 10.8. The molecule has 0 radical (unpaired) electrons. The highest BCUT2D eigenvalue weighted by atomic mass is 35.5. The fraction of sp³-hybridized carbons (Fsp3) is 0.947. The lowest BCUT2D eigenvalue weighted by atomic mass is 10.0. The predicted octanol–water partition coefficient (Wildman–Crippen LogP) is 6.56. The maximum atomic E-state index is 11.2. The predicted molar refractivity (Wildman–Crippen MR) is 98.4 cm³/mol. The van der Waals surface area contributed by atoms with Gasteiger partial charge in [0, 0.05) is 6.42 Å². The summed E-state index contributed by atoms with van der Waals surface area (Å²) in [5.74, 6) is 0.0877. The van der Waals surface area contributed by atoms with Gasteiger partial charge in [-0.2, -0.15) is 0 Å². The molecule has 0 atom stereocenters. The Morgan fingerprint density at radius 2 is 1.05 bits per heavy atom. The third-order valence-electron chi connectivity index (χ3n) is 4.27. The van der Waals surface area contributed by atoms with Gasteiger partial charge < -0.3 is 5.32 Å². The summed E-state index contributed by atoms with van der Waals surface area (Å²) in [6.45, 7) is 2.28. The highest BCUT2D eigenvalue weighted by molar-refractivity contribution is 6.18. The average molecular weight is 332 g/mol. The van der Waals surface area contributed by atoms with Gasteiger partial charge in [0.1, 0.15) is 0 Å². The molecule has 0 aliphatic carbocycles. The summed E-state index contributed by atoms with van der Waals surface area (Å²) in [6.07, 6.45) is 20.9. The summed E-state index contributed by atoms with van der Waals surface area (Å²) in [6, 6.07) is 0.234. The number of hydrogen-bond donors (Lipinski definition) is 1. The molecule has 0 unspecified atom stereocenters. The minimum absolute atomic E-state index is 0.0877. The number of hydrogen-bond acceptors (Lipinski definition) is 1. The van der Waals surface area contributed by atoms with Crippen LogP contribution in [0.5, 0.6) is 0 Å². The number of halogens is 1. The van der Waals surface area contributed by atoms with Crippen molar-refractivity contribution in [3.8, 4) is 0 Å². The molecular formula is C19H38ClNO. The van der Waals surface area contributed by atoms with Crippen molar-refractivity contribution in [3.05, 3.63) is 0 Å². The van der Waals surface area contributed by atoms with Crippen LogP contribution in [0.2, 0.25) is 0 Å². The van der Waals surface area contributed by atoms with Crippen LogP contribution in [0.1, 0.15) is 110 Å². The number of carbonyl (C=O) groups excluding carboxylic acids is 1. The first-order chi connectivity index (χ1) is 10.8. The van der Waals surface area contributed by atoms with Crippen molar-refractivity contribution in [1.82, 2.24) is 5.32 Å². The maximum Gasteiger partial charge on any atom is 0.220 e. The van der Waals surface area contributed by atoms with Crippen LogP contribution in [-0.4, -0.2) is 11.9 Å². The number of carbonyl (C=O) groups is 1. The lowest BCUT2D eigenvalue weighted by Crippen LogP contribution is -2.20. The smallest absolute Gasteiger partial charge is 0.220 e. The molecule has 0 aromatic rings. The molecule has 0 heterocycles. The molecule has 0 saturated heterocycles. The fourth-order valence-corrected chi connectivity index (χ4v) is 2.97. The Morgan fingerprint density at radius 3 is 1.41 bits per heavy atom. The lowest BCUT2D eigenvalue weighted by Gasteiger charge is -2.03. The van der Waals surface area contributed by atoms with Gasteiger partial charge in [-0.1, -0.05) is 96.8 Å². The standard InChI is InChI=1S/C19H38ClNO/c1-2-3-4-5-6-7-8-9-10-11-12-13-14-15-16-17-19(22)21-18-20/h2-18H2,1H3,(H,21,22). The number of amides is 1. The van der Waals surface area contributed by atoms with E-state index in [1.165, 1.54) is 89.9 Å². The zero-order valence-electron chi connectivity index (χ0n) is 14.8. The van der Waals surface area contributed by atoms with Gasteiger partial charge in [-0.3, -0.25) is 4.79 Å². The molecule has 132 valence electrons. The van der Waals surface area contributed by atoms with Crippen molar-refractivity contribution in [2.24, 2.45) is 0 Å². The molecule has 0 aliphatic heterocycles. The summed E-state index contributed by atoms with van der Waals surface area (Å²) in [5.41, 5.74) is 0. The maximum absolute atomic E-state index is 11.2. The minimum Gasteiger partial charge on any atom is -0.343 e. The van der Waals surface area contributed by atoms with Crippen molar-refractivity contribution in [3.63, 3.8) is 0 Å². The van der Waals surface area contributed by atoms with Crippen molar-refractivity contribution in [1.29, 1.82) is 0 Å². The largest absolute Gasteiger partial charge is 0.343 e. The summed E-state index contributed by atoms with van der Waals surface area (Å²) < 4.78 is 0. The highest BCUT2D eigenvalue weighted by Gasteiger charge is 1.99. The van der Waals surface area contributed by atoms with Crippen LogP contribution in [0.4, 0.5) is 0 Å². The fourth-order valence-electron chi connectivity index (χ4n) is 2.82. The van der Waals surface area contributed by atoms with Crippen LogP contribution in [-0.2, 0) is 4.79 Å². The van der Waals surface area contributed by atoms with Gasteiger partial charge in [-0.25, -0.2) is 0 Å². The second kappa shape index (κ2) is 18.8. The van der Waals surface area contributed by atoms with Gasteiger partial charge in [0.25, 0.3) is 0 Å². The minimum atomic E-state index is 0.0877. The topological polar surface area (TPSA) is 29.1 Å². The first kappa shape index (κ1) is 21.8. The zero-order valence-corrected chi connectivity index (χ0v) is 15.6. The van der Waals surface area contributed by atoms with E-state index in [2.05, 4.69) is 12.2 Å². The Hall–Kier alpha value is -0.240. The van der Waals surface area contributed by atoms with Crippen LogP contribution >= 0.6 is 11.6 Å². The van der Waals surface area contributed by atoms with E-state index >= 15 is 0 Å². The number of unbranched alkanes of at least 4 members (excludes halogenated alkanes) is 14. The molecule has 0 aromatic heterocycles. The van der Waals surface area contributed by atoms with Gasteiger partial charge in [0.15, 0.2) is 0 Å². The van der Waals surface area contributed by atoms with Crippen LogP contribution in [0.3, 0.4) is 0 Å². The molecular weight excluding hydrogens is 294 g/mol. The third kappa shape index (κ3) is 17.8. The van der Waals surface area contributed by atoms with Crippen molar-refractivity contribution < 1.29 is 4.79 Å². The van der Waals surface area contributed by atoms with Crippen molar-refractivity contribution in [2.75, 3.05) is 6.00 Å². The van der Waals surface area contributed by atoms with Gasteiger partial charge in [0.2, 0.25) is 5.91 Å². The molecule has 0 bridgehead atoms. The monoisotopic (exact) mass is 331 g/mol. The molecule has 0 rings (SSSR count). The van der Waals surface area contributed by atoms with Crippen molar-refractivity contribution >= 4 is 17.5 Å². The Bertz CT molecular complexity index is 233. The van der Waals surface area contributed by atoms with Gasteiger partial charge in [-0.05, 0) is 6.42 Å².